The molecule has 54 heavy (non-hydrogen) atoms. The van der Waals surface area contributed by atoms with Crippen molar-refractivity contribution in [2.75, 3.05) is 12.4 Å². The lowest BCUT2D eigenvalue weighted by atomic mass is 9.43. The van der Waals surface area contributed by atoms with Crippen LogP contribution in [0.1, 0.15) is 143 Å². The van der Waals surface area contributed by atoms with Gasteiger partial charge in [0.1, 0.15) is 11.4 Å². The van der Waals surface area contributed by atoms with E-state index < -0.39 is 35.5 Å². The second-order valence-corrected chi connectivity index (χ2v) is 19.7. The van der Waals surface area contributed by atoms with Gasteiger partial charge in [-0.2, -0.15) is 22.0 Å². The highest BCUT2D eigenvalue weighted by Crippen LogP contribution is 2.72. The number of benzene rings is 1. The molecule has 1 aromatic carbocycles. The number of hydrogen-bond acceptors (Lipinski definition) is 6. The van der Waals surface area contributed by atoms with Gasteiger partial charge in [-0.3, -0.25) is 4.79 Å². The monoisotopic (exact) mass is 797 g/mol. The zero-order valence-corrected chi connectivity index (χ0v) is 34.0. The molecule has 0 bridgehead atoms. The minimum Gasteiger partial charge on any atom is -0.494 e. The number of alkyl halides is 5. The van der Waals surface area contributed by atoms with Gasteiger partial charge < -0.3 is 9.84 Å². The Hall–Kier alpha value is -1.72. The summed E-state index contributed by atoms with van der Waals surface area (Å²) in [6, 6.07) is 6.09. The molecule has 1 N–H and O–H groups in total. The van der Waals surface area contributed by atoms with Gasteiger partial charge in [0.2, 0.25) is 0 Å². The molecule has 302 valence electrons. The van der Waals surface area contributed by atoms with E-state index in [1.165, 1.54) is 63.0 Å². The van der Waals surface area contributed by atoms with Crippen LogP contribution < -0.4 is 4.74 Å². The maximum Gasteiger partial charge on any atom is 0.456 e. The average molecular weight is 798 g/mol. The normalized spacial score (nSPS) is 31.3. The van der Waals surface area contributed by atoms with E-state index in [2.05, 4.69) is 13.0 Å². The molecular weight excluding hydrogens is 738 g/mol. The van der Waals surface area contributed by atoms with Crippen LogP contribution in [0.15, 0.2) is 34.2 Å². The van der Waals surface area contributed by atoms with Crippen LogP contribution >= 0.6 is 23.1 Å². The minimum atomic E-state index is -5.80. The van der Waals surface area contributed by atoms with Crippen molar-refractivity contribution in [1.82, 2.24) is 4.98 Å². The lowest BCUT2D eigenvalue weighted by Crippen LogP contribution is -2.66. The molecule has 11 heteroatoms. The number of rotatable bonds is 18. The molecule has 4 aliphatic rings. The van der Waals surface area contributed by atoms with E-state index >= 15 is 8.78 Å². The summed E-state index contributed by atoms with van der Waals surface area (Å²) >= 11 is 3.58. The highest BCUT2D eigenvalue weighted by molar-refractivity contribution is 8.01. The number of aromatic nitrogens is 1. The maximum absolute atomic E-state index is 15.1. The number of thiazole rings is 1. The molecule has 1 heterocycles. The SMILES string of the molecule is CCOc1ccc2nc(SCCCCCCCCCCCCC[C@@H]3CC4=CC(=O)CC[C@]4(C)[C@H]4CC[C@@]5(C)[C@@H](CC[C@@]5(O)C(F)(F)C(F)(F)F)[C@H]34)sc2c1. The fraction of sp³-hybridized carbons (Fsp3) is 0.767. The van der Waals surface area contributed by atoms with E-state index in [4.69, 9.17) is 9.72 Å². The van der Waals surface area contributed by atoms with Crippen LogP contribution in [0.2, 0.25) is 0 Å². The third-order valence-electron chi connectivity index (χ3n) is 14.3. The molecule has 0 spiro atoms. The van der Waals surface area contributed by atoms with E-state index in [1.54, 1.807) is 11.3 Å². The number of hydrogen-bond donors (Lipinski definition) is 1. The molecule has 0 unspecified atom stereocenters. The van der Waals surface area contributed by atoms with Crippen molar-refractivity contribution in [1.29, 1.82) is 0 Å². The van der Waals surface area contributed by atoms with Crippen molar-refractivity contribution in [2.45, 2.75) is 165 Å². The fourth-order valence-electron chi connectivity index (χ4n) is 11.2. The van der Waals surface area contributed by atoms with Crippen LogP contribution in [0.25, 0.3) is 10.2 Å². The number of aliphatic hydroxyl groups is 1. The number of fused-ring (bicyclic) bond motifs is 6. The highest BCUT2D eigenvalue weighted by atomic mass is 32.2. The number of allylic oxidation sites excluding steroid dienone is 1. The Bertz CT molecular complexity index is 1630. The number of thioether (sulfide) groups is 1. The second-order valence-electron chi connectivity index (χ2n) is 17.3. The van der Waals surface area contributed by atoms with Crippen molar-refractivity contribution in [2.24, 2.45) is 34.5 Å². The smallest absolute Gasteiger partial charge is 0.456 e. The Kier molecular flexibility index (Phi) is 13.2. The Morgan fingerprint density at radius 3 is 2.22 bits per heavy atom. The van der Waals surface area contributed by atoms with Gasteiger partial charge in [0, 0.05) is 17.6 Å². The summed E-state index contributed by atoms with van der Waals surface area (Å²) in [6.45, 7) is 6.36. The molecule has 4 aliphatic carbocycles. The summed E-state index contributed by atoms with van der Waals surface area (Å²) in [6.07, 6.45) is 12.1. The van der Waals surface area contributed by atoms with Crippen molar-refractivity contribution in [3.05, 3.63) is 29.8 Å². The molecular formula is C43H60F5NO3S2. The summed E-state index contributed by atoms with van der Waals surface area (Å²) in [5.41, 5.74) is -2.67. The zero-order valence-electron chi connectivity index (χ0n) is 32.4. The first-order valence-electron chi connectivity index (χ1n) is 20.7. The van der Waals surface area contributed by atoms with Crippen LogP contribution in [-0.4, -0.2) is 45.9 Å². The van der Waals surface area contributed by atoms with E-state index in [1.807, 2.05) is 36.9 Å². The Balaban J connectivity index is 0.913. The maximum atomic E-state index is 15.1. The Labute approximate surface area is 326 Å². The Morgan fingerprint density at radius 1 is 0.907 bits per heavy atom. The Morgan fingerprint density at radius 2 is 1.56 bits per heavy atom. The van der Waals surface area contributed by atoms with Gasteiger partial charge in [-0.25, -0.2) is 4.98 Å². The van der Waals surface area contributed by atoms with Gasteiger partial charge in [0.05, 0.1) is 16.8 Å². The van der Waals surface area contributed by atoms with Crippen molar-refractivity contribution < 1.29 is 36.6 Å². The molecule has 0 saturated heterocycles. The summed E-state index contributed by atoms with van der Waals surface area (Å²) in [4.78, 5) is 17.3. The van der Waals surface area contributed by atoms with Gasteiger partial charge in [0.25, 0.3) is 0 Å². The number of carbonyl (C=O) groups is 1. The van der Waals surface area contributed by atoms with E-state index in [-0.39, 0.29) is 41.8 Å². The van der Waals surface area contributed by atoms with Crippen molar-refractivity contribution in [3.63, 3.8) is 0 Å². The molecule has 6 rings (SSSR count). The largest absolute Gasteiger partial charge is 0.494 e. The number of ketones is 1. The first-order valence-corrected chi connectivity index (χ1v) is 22.5. The van der Waals surface area contributed by atoms with Crippen LogP contribution in [-0.2, 0) is 4.79 Å². The van der Waals surface area contributed by atoms with Gasteiger partial charge in [-0.1, -0.05) is 95.4 Å². The molecule has 4 nitrogen and oxygen atoms in total. The molecule has 1 aromatic heterocycles. The van der Waals surface area contributed by atoms with Gasteiger partial charge in [-0.05, 0) is 112 Å². The van der Waals surface area contributed by atoms with E-state index in [0.29, 0.717) is 32.3 Å². The summed E-state index contributed by atoms with van der Waals surface area (Å²) in [5.74, 6) is -3.22. The van der Waals surface area contributed by atoms with Crippen LogP contribution in [0.5, 0.6) is 5.75 Å². The van der Waals surface area contributed by atoms with Crippen LogP contribution in [0, 0.1) is 34.5 Å². The predicted molar refractivity (Wildman–Crippen MR) is 208 cm³/mol. The lowest BCUT2D eigenvalue weighted by Gasteiger charge is -2.62. The molecule has 0 radical (unpaired) electrons. The van der Waals surface area contributed by atoms with E-state index in [0.717, 1.165) is 52.6 Å². The zero-order chi connectivity index (χ0) is 38.8. The number of nitrogens with zero attached hydrogens (tertiary/aromatic N) is 1. The van der Waals surface area contributed by atoms with Gasteiger partial charge in [0.15, 0.2) is 10.1 Å². The quantitative estimate of drug-likeness (QED) is 0.0925. The predicted octanol–water partition coefficient (Wildman–Crippen LogP) is 13.2. The first kappa shape index (κ1) is 41.9. The fourth-order valence-corrected chi connectivity index (χ4v) is 13.4. The first-order chi connectivity index (χ1) is 25.6. The van der Waals surface area contributed by atoms with Crippen LogP contribution in [0.3, 0.4) is 0 Å². The molecule has 3 fully saturated rings. The van der Waals surface area contributed by atoms with Crippen LogP contribution in [0.4, 0.5) is 22.0 Å². The number of ether oxygens (including phenoxy) is 1. The van der Waals surface area contributed by atoms with Crippen molar-refractivity contribution >= 4 is 39.1 Å². The standard InChI is InChI=1S/C43H60F5NO3S2/c1-4-52-32-17-18-35-36(28-32)54-38(49-35)53-25-15-13-11-9-7-5-6-8-10-12-14-16-29-26-30-27-31(50)19-22-39(30,2)33-20-23-40(3)34(37(29)33)21-24-41(40,51)42(44,45)43(46,47)48/h17-18,27-29,33-34,37,51H,4-16,19-26H2,1-3H3/t29-,33+,34+,37-,39+,40+,41+/m1/s1. The lowest BCUT2D eigenvalue weighted by molar-refractivity contribution is -0.364. The second kappa shape index (κ2) is 17.0. The van der Waals surface area contributed by atoms with Gasteiger partial charge in [-0.15, -0.1) is 11.3 Å². The van der Waals surface area contributed by atoms with E-state index in [9.17, 15) is 23.1 Å². The molecule has 0 aliphatic heterocycles. The number of unbranched alkanes of at least 4 members (excludes halogenated alkanes) is 10. The average Bonchev–Trinajstić information content (AvgIpc) is 3.66. The van der Waals surface area contributed by atoms with Gasteiger partial charge >= 0.3 is 12.1 Å². The molecule has 7 atom stereocenters. The summed E-state index contributed by atoms with van der Waals surface area (Å²) in [5, 5.41) is 11.4. The third kappa shape index (κ3) is 8.17. The summed E-state index contributed by atoms with van der Waals surface area (Å²) in [7, 11) is 0. The number of carbonyl (C=O) groups excluding carboxylic acids is 1. The molecule has 2 aromatic rings. The third-order valence-corrected chi connectivity index (χ3v) is 16.5. The molecule has 0 amide bonds. The molecule has 3 saturated carbocycles. The highest BCUT2D eigenvalue weighted by Gasteiger charge is 2.79. The summed E-state index contributed by atoms with van der Waals surface area (Å²) < 4.78 is 79.4. The van der Waals surface area contributed by atoms with Crippen molar-refractivity contribution in [3.8, 4) is 5.75 Å². The minimum absolute atomic E-state index is 0.0300. The number of halogens is 5. The topological polar surface area (TPSA) is 59.4 Å².